The first kappa shape index (κ1) is 19.9. The van der Waals surface area contributed by atoms with E-state index in [0.29, 0.717) is 22.7 Å². The lowest BCUT2D eigenvalue weighted by molar-refractivity contribution is -0.121. The maximum atomic E-state index is 14.2. The molecule has 0 aliphatic carbocycles. The minimum absolute atomic E-state index is 0.00802. The number of nitrogens with one attached hydrogen (secondary N) is 1. The van der Waals surface area contributed by atoms with Gasteiger partial charge in [0.25, 0.3) is 5.91 Å². The van der Waals surface area contributed by atoms with Gasteiger partial charge in [-0.3, -0.25) is 10.1 Å². The second kappa shape index (κ2) is 7.67. The second-order valence-corrected chi connectivity index (χ2v) is 7.75. The third-order valence-corrected chi connectivity index (χ3v) is 4.13. The first-order valence-electron chi connectivity index (χ1n) is 8.63. The molecule has 2 aromatic carbocycles. The molecule has 0 fully saturated rings. The van der Waals surface area contributed by atoms with E-state index >= 15 is 0 Å². The van der Waals surface area contributed by atoms with E-state index in [1.165, 1.54) is 17.0 Å². The van der Waals surface area contributed by atoms with Crippen molar-refractivity contribution in [2.75, 3.05) is 16.8 Å². The van der Waals surface area contributed by atoms with Crippen LogP contribution in [0.2, 0.25) is 5.02 Å². The van der Waals surface area contributed by atoms with Crippen LogP contribution in [-0.4, -0.2) is 24.2 Å². The van der Waals surface area contributed by atoms with Gasteiger partial charge in [0.2, 0.25) is 0 Å². The van der Waals surface area contributed by atoms with Crippen molar-refractivity contribution in [2.24, 2.45) is 0 Å². The fourth-order valence-corrected chi connectivity index (χ4v) is 2.85. The van der Waals surface area contributed by atoms with Gasteiger partial charge in [0.05, 0.1) is 12.2 Å². The largest absolute Gasteiger partial charge is 0.482 e. The van der Waals surface area contributed by atoms with E-state index in [2.05, 4.69) is 5.32 Å². The van der Waals surface area contributed by atoms with Crippen molar-refractivity contribution in [3.63, 3.8) is 0 Å². The number of fused-ring (bicyclic) bond motifs is 1. The van der Waals surface area contributed by atoms with Crippen LogP contribution in [0.3, 0.4) is 0 Å². The molecule has 1 N–H and O–H groups in total. The highest BCUT2D eigenvalue weighted by Gasteiger charge is 2.27. The first-order valence-corrected chi connectivity index (χ1v) is 9.01. The average molecular weight is 407 g/mol. The van der Waals surface area contributed by atoms with Crippen molar-refractivity contribution < 1.29 is 23.5 Å². The zero-order chi connectivity index (χ0) is 20.5. The molecule has 6 nitrogen and oxygen atoms in total. The lowest BCUT2D eigenvalue weighted by Crippen LogP contribution is -2.38. The molecule has 0 radical (unpaired) electrons. The Bertz CT molecular complexity index is 927. The molecule has 0 spiro atoms. The third-order valence-electron chi connectivity index (χ3n) is 3.89. The van der Waals surface area contributed by atoms with Crippen molar-refractivity contribution in [1.82, 2.24) is 0 Å². The molecule has 0 aromatic heterocycles. The van der Waals surface area contributed by atoms with Gasteiger partial charge in [-0.2, -0.15) is 0 Å². The highest BCUT2D eigenvalue weighted by atomic mass is 35.5. The van der Waals surface area contributed by atoms with E-state index in [9.17, 15) is 14.0 Å². The van der Waals surface area contributed by atoms with Gasteiger partial charge in [0.1, 0.15) is 17.2 Å². The highest BCUT2D eigenvalue weighted by molar-refractivity contribution is 6.30. The minimum Gasteiger partial charge on any atom is -0.482 e. The van der Waals surface area contributed by atoms with Gasteiger partial charge >= 0.3 is 6.09 Å². The number of nitrogens with zero attached hydrogens (tertiary/aromatic N) is 1. The molecule has 2 amide bonds. The van der Waals surface area contributed by atoms with Crippen molar-refractivity contribution in [3.05, 3.63) is 52.8 Å². The Morgan fingerprint density at radius 3 is 2.71 bits per heavy atom. The number of halogens is 2. The second-order valence-electron chi connectivity index (χ2n) is 7.31. The zero-order valence-corrected chi connectivity index (χ0v) is 16.5. The molecule has 3 rings (SSSR count). The van der Waals surface area contributed by atoms with Gasteiger partial charge in [-0.05, 0) is 51.1 Å². The fourth-order valence-electron chi connectivity index (χ4n) is 2.69. The summed E-state index contributed by atoms with van der Waals surface area (Å²) in [5.74, 6) is -0.364. The normalized spacial score (nSPS) is 13.6. The van der Waals surface area contributed by atoms with Crippen molar-refractivity contribution >= 4 is 35.0 Å². The number of hydrogen-bond donors (Lipinski definition) is 1. The van der Waals surface area contributed by atoms with E-state index in [0.717, 1.165) is 0 Å². The Morgan fingerprint density at radius 2 is 2.04 bits per heavy atom. The number of amides is 2. The monoisotopic (exact) mass is 406 g/mol. The Labute approximate surface area is 167 Å². The topological polar surface area (TPSA) is 67.9 Å². The van der Waals surface area contributed by atoms with E-state index in [1.807, 2.05) is 0 Å². The number of carbonyl (C=O) groups excluding carboxylic acids is 2. The van der Waals surface area contributed by atoms with Gasteiger partial charge in [0.15, 0.2) is 6.61 Å². The van der Waals surface area contributed by atoms with Crippen molar-refractivity contribution in [2.45, 2.75) is 32.9 Å². The molecule has 0 saturated heterocycles. The molecule has 1 aliphatic rings. The molecule has 0 saturated carbocycles. The molecule has 148 valence electrons. The summed E-state index contributed by atoms with van der Waals surface area (Å²) in [6.07, 6.45) is -0.620. The fraction of sp³-hybridized carbons (Fsp3) is 0.300. The molecule has 2 aromatic rings. The molecular weight excluding hydrogens is 387 g/mol. The number of ether oxygens (including phenoxy) is 2. The predicted octanol–water partition coefficient (Wildman–Crippen LogP) is 4.75. The van der Waals surface area contributed by atoms with Crippen LogP contribution in [-0.2, 0) is 16.1 Å². The number of benzene rings is 2. The summed E-state index contributed by atoms with van der Waals surface area (Å²) in [5.41, 5.74) is 0.526. The standard InChI is InChI=1S/C20H20ClFN2O4/c1-20(2,3)28-19(26)23-14-6-7-17-16(9-14)24(18(25)11-27-17)10-12-4-5-13(21)8-15(12)22/h4-9H,10-11H2,1-3H3,(H,23,26). The van der Waals surface area contributed by atoms with Crippen LogP contribution >= 0.6 is 11.6 Å². The van der Waals surface area contributed by atoms with Gasteiger partial charge in [0, 0.05) is 16.3 Å². The minimum atomic E-state index is -0.643. The van der Waals surface area contributed by atoms with Crippen LogP contribution in [0.1, 0.15) is 26.3 Å². The van der Waals surface area contributed by atoms with Crippen molar-refractivity contribution in [1.29, 1.82) is 0 Å². The van der Waals surface area contributed by atoms with Crippen LogP contribution in [0.5, 0.6) is 5.75 Å². The van der Waals surface area contributed by atoms with Gasteiger partial charge in [-0.15, -0.1) is 0 Å². The molecule has 1 aliphatic heterocycles. The maximum absolute atomic E-state index is 14.2. The molecule has 0 unspecified atom stereocenters. The van der Waals surface area contributed by atoms with Crippen LogP contribution < -0.4 is 15.0 Å². The Morgan fingerprint density at radius 1 is 1.29 bits per heavy atom. The lowest BCUT2D eigenvalue weighted by atomic mass is 10.1. The maximum Gasteiger partial charge on any atom is 0.412 e. The summed E-state index contributed by atoms with van der Waals surface area (Å²) in [4.78, 5) is 25.8. The van der Waals surface area contributed by atoms with Gasteiger partial charge in [-0.1, -0.05) is 17.7 Å². The Balaban J connectivity index is 1.86. The smallest absolute Gasteiger partial charge is 0.412 e. The summed E-state index contributed by atoms with van der Waals surface area (Å²) in [6, 6.07) is 9.15. The molecule has 0 atom stereocenters. The summed E-state index contributed by atoms with van der Waals surface area (Å²) < 4.78 is 24.9. The van der Waals surface area contributed by atoms with E-state index in [1.54, 1.807) is 45.0 Å². The van der Waals surface area contributed by atoms with E-state index in [4.69, 9.17) is 21.1 Å². The summed E-state index contributed by atoms with van der Waals surface area (Å²) in [7, 11) is 0. The lowest BCUT2D eigenvalue weighted by Gasteiger charge is -2.30. The SMILES string of the molecule is CC(C)(C)OC(=O)Nc1ccc2c(c1)N(Cc1ccc(Cl)cc1F)C(=O)CO2. The Kier molecular flexibility index (Phi) is 5.47. The van der Waals surface area contributed by atoms with Crippen LogP contribution in [0.4, 0.5) is 20.6 Å². The van der Waals surface area contributed by atoms with Crippen LogP contribution in [0.25, 0.3) is 0 Å². The predicted molar refractivity (Wildman–Crippen MR) is 104 cm³/mol. The van der Waals surface area contributed by atoms with Crippen molar-refractivity contribution in [3.8, 4) is 5.75 Å². The average Bonchev–Trinajstić information content (AvgIpc) is 2.57. The molecule has 1 heterocycles. The number of rotatable bonds is 3. The zero-order valence-electron chi connectivity index (χ0n) is 15.7. The molecule has 8 heteroatoms. The van der Waals surface area contributed by atoms with E-state index in [-0.39, 0.29) is 24.1 Å². The molecular formula is C20H20ClFN2O4. The van der Waals surface area contributed by atoms with E-state index < -0.39 is 17.5 Å². The number of carbonyl (C=O) groups is 2. The summed E-state index contributed by atoms with van der Waals surface area (Å²) in [5, 5.41) is 2.90. The van der Waals surface area contributed by atoms with Crippen LogP contribution in [0.15, 0.2) is 36.4 Å². The number of hydrogen-bond acceptors (Lipinski definition) is 4. The van der Waals surface area contributed by atoms with Gasteiger partial charge in [-0.25, -0.2) is 9.18 Å². The summed E-state index contributed by atoms with van der Waals surface area (Å²) >= 11 is 5.79. The summed E-state index contributed by atoms with van der Waals surface area (Å²) in [6.45, 7) is 5.13. The van der Waals surface area contributed by atoms with Crippen LogP contribution in [0, 0.1) is 5.82 Å². The quantitative estimate of drug-likeness (QED) is 0.798. The molecule has 28 heavy (non-hydrogen) atoms. The van der Waals surface area contributed by atoms with Gasteiger partial charge < -0.3 is 14.4 Å². The Hall–Kier alpha value is -2.80. The third kappa shape index (κ3) is 4.72. The number of anilines is 2. The highest BCUT2D eigenvalue weighted by Crippen LogP contribution is 2.36. The molecule has 0 bridgehead atoms. The first-order chi connectivity index (χ1) is 13.1.